The zero-order chi connectivity index (χ0) is 26.6. The van der Waals surface area contributed by atoms with E-state index in [-0.39, 0.29) is 18.1 Å². The van der Waals surface area contributed by atoms with Crippen molar-refractivity contribution in [3.8, 4) is 11.5 Å². The summed E-state index contributed by atoms with van der Waals surface area (Å²) in [6.45, 7) is 4.35. The molecule has 1 atom stereocenters. The molecule has 1 heterocycles. The molecule has 4 amide bonds. The maximum absolute atomic E-state index is 13.9. The number of rotatable bonds is 8. The molecule has 1 aliphatic heterocycles. The third-order valence-corrected chi connectivity index (χ3v) is 8.46. The molecule has 2 saturated carbocycles. The van der Waals surface area contributed by atoms with Crippen LogP contribution in [0.3, 0.4) is 0 Å². The molecule has 4 rings (SSSR count). The second kappa shape index (κ2) is 11.8. The number of carbonyl (C=O) groups is 2. The van der Waals surface area contributed by atoms with Crippen LogP contribution < -0.4 is 14.8 Å². The summed E-state index contributed by atoms with van der Waals surface area (Å²) in [7, 11) is 3.21. The Kier molecular flexibility index (Phi) is 8.72. The Bertz CT molecular complexity index is 943. The number of nitrogens with one attached hydrogen (secondary N) is 1. The fourth-order valence-electron chi connectivity index (χ4n) is 6.36. The first-order chi connectivity index (χ1) is 17.8. The van der Waals surface area contributed by atoms with E-state index < -0.39 is 17.7 Å². The minimum atomic E-state index is -0.788. The number of hydrogen-bond donors (Lipinski definition) is 2. The Hall–Kier alpha value is -2.68. The lowest BCUT2D eigenvalue weighted by Gasteiger charge is -2.42. The smallest absolute Gasteiger partial charge is 0.343 e. The second-order valence-electron chi connectivity index (χ2n) is 11.2. The van der Waals surface area contributed by atoms with Crippen LogP contribution in [0.5, 0.6) is 11.5 Å². The van der Waals surface area contributed by atoms with Gasteiger partial charge in [-0.05, 0) is 63.6 Å². The summed E-state index contributed by atoms with van der Waals surface area (Å²) in [6.07, 6.45) is 10.1. The van der Waals surface area contributed by atoms with Crippen LogP contribution in [0.2, 0.25) is 0 Å². The normalized spacial score (nSPS) is 22.7. The predicted octanol–water partition coefficient (Wildman–Crippen LogP) is 5.15. The van der Waals surface area contributed by atoms with Crippen LogP contribution in [-0.4, -0.2) is 76.7 Å². The highest BCUT2D eigenvalue weighted by molar-refractivity contribution is 5.81. The van der Waals surface area contributed by atoms with Gasteiger partial charge in [-0.3, -0.25) is 10.1 Å². The molecule has 1 aromatic rings. The van der Waals surface area contributed by atoms with E-state index in [1.54, 1.807) is 19.1 Å². The molecule has 37 heavy (non-hydrogen) atoms. The van der Waals surface area contributed by atoms with Gasteiger partial charge in [-0.2, -0.15) is 5.06 Å². The van der Waals surface area contributed by atoms with E-state index in [0.717, 1.165) is 68.4 Å². The number of methoxy groups -OCH3 is 2. The topological polar surface area (TPSA) is 94.6 Å². The first kappa shape index (κ1) is 27.4. The number of hydroxylamine groups is 2. The molecule has 206 valence electrons. The fourth-order valence-corrected chi connectivity index (χ4v) is 6.36. The molecule has 9 heteroatoms. The van der Waals surface area contributed by atoms with Gasteiger partial charge in [0.2, 0.25) is 0 Å². The largest absolute Gasteiger partial charge is 0.493 e. The molecule has 1 aromatic carbocycles. The maximum atomic E-state index is 13.9. The van der Waals surface area contributed by atoms with E-state index >= 15 is 0 Å². The van der Waals surface area contributed by atoms with E-state index in [1.165, 1.54) is 6.42 Å². The number of hydrogen-bond acceptors (Lipinski definition) is 5. The SMILES string of the molecule is COc1ccc(CCN2C(=O)N(C3CCCCC3)C(N(O)C(=O)NC3CCCCC3)C2(C)C)cc1OC. The van der Waals surface area contributed by atoms with Crippen molar-refractivity contribution in [2.45, 2.75) is 108 Å². The highest BCUT2D eigenvalue weighted by Crippen LogP contribution is 2.39. The summed E-state index contributed by atoms with van der Waals surface area (Å²) in [6, 6.07) is 5.22. The summed E-state index contributed by atoms with van der Waals surface area (Å²) in [4.78, 5) is 30.8. The molecule has 1 saturated heterocycles. The van der Waals surface area contributed by atoms with Crippen LogP contribution >= 0.6 is 0 Å². The summed E-state index contributed by atoms with van der Waals surface area (Å²) < 4.78 is 10.8. The van der Waals surface area contributed by atoms with Gasteiger partial charge in [0.05, 0.1) is 19.8 Å². The van der Waals surface area contributed by atoms with Crippen molar-refractivity contribution in [2.24, 2.45) is 0 Å². The van der Waals surface area contributed by atoms with E-state index in [4.69, 9.17) is 9.47 Å². The Morgan fingerprint density at radius 1 is 1.03 bits per heavy atom. The predicted molar refractivity (Wildman–Crippen MR) is 141 cm³/mol. The molecule has 1 unspecified atom stereocenters. The molecule has 2 N–H and O–H groups in total. The monoisotopic (exact) mass is 516 g/mol. The zero-order valence-electron chi connectivity index (χ0n) is 22.9. The Morgan fingerprint density at radius 3 is 2.27 bits per heavy atom. The first-order valence-corrected chi connectivity index (χ1v) is 13.9. The van der Waals surface area contributed by atoms with Crippen molar-refractivity contribution in [3.63, 3.8) is 0 Å². The number of ether oxygens (including phenoxy) is 2. The third kappa shape index (κ3) is 5.76. The van der Waals surface area contributed by atoms with E-state index in [0.29, 0.717) is 24.5 Å². The lowest BCUT2D eigenvalue weighted by atomic mass is 9.92. The van der Waals surface area contributed by atoms with Crippen LogP contribution in [-0.2, 0) is 6.42 Å². The van der Waals surface area contributed by atoms with Crippen molar-refractivity contribution < 1.29 is 24.3 Å². The van der Waals surface area contributed by atoms with Gasteiger partial charge in [-0.25, -0.2) is 9.59 Å². The van der Waals surface area contributed by atoms with Crippen LogP contribution in [0.1, 0.15) is 83.6 Å². The molecular weight excluding hydrogens is 472 g/mol. The molecular formula is C28H44N4O5. The third-order valence-electron chi connectivity index (χ3n) is 8.46. The zero-order valence-corrected chi connectivity index (χ0v) is 22.9. The molecule has 0 bridgehead atoms. The average Bonchev–Trinajstić information content (AvgIpc) is 3.11. The van der Waals surface area contributed by atoms with Crippen molar-refractivity contribution >= 4 is 12.1 Å². The summed E-state index contributed by atoms with van der Waals surface area (Å²) in [5.41, 5.74) is 0.230. The van der Waals surface area contributed by atoms with Gasteiger partial charge in [-0.1, -0.05) is 44.6 Å². The maximum Gasteiger partial charge on any atom is 0.343 e. The van der Waals surface area contributed by atoms with Gasteiger partial charge < -0.3 is 19.7 Å². The van der Waals surface area contributed by atoms with Crippen molar-refractivity contribution in [1.29, 1.82) is 0 Å². The van der Waals surface area contributed by atoms with Gasteiger partial charge >= 0.3 is 12.1 Å². The molecule has 3 fully saturated rings. The number of nitrogens with zero attached hydrogens (tertiary/aromatic N) is 3. The molecule has 0 spiro atoms. The highest BCUT2D eigenvalue weighted by Gasteiger charge is 2.57. The van der Waals surface area contributed by atoms with Gasteiger partial charge in [0.15, 0.2) is 17.7 Å². The van der Waals surface area contributed by atoms with Crippen molar-refractivity contribution in [3.05, 3.63) is 23.8 Å². The van der Waals surface area contributed by atoms with Crippen LogP contribution in [0.25, 0.3) is 0 Å². The summed E-state index contributed by atoms with van der Waals surface area (Å²) in [5, 5.41) is 15.1. The van der Waals surface area contributed by atoms with Crippen molar-refractivity contribution in [1.82, 2.24) is 20.2 Å². The fraction of sp³-hybridized carbons (Fsp3) is 0.714. The van der Waals surface area contributed by atoms with Gasteiger partial charge in [0.1, 0.15) is 0 Å². The number of urea groups is 2. The summed E-state index contributed by atoms with van der Waals surface area (Å²) >= 11 is 0. The van der Waals surface area contributed by atoms with Crippen LogP contribution in [0, 0.1) is 0 Å². The number of carbonyl (C=O) groups excluding carboxylic acids is 2. The molecule has 9 nitrogen and oxygen atoms in total. The van der Waals surface area contributed by atoms with Gasteiger partial charge in [0, 0.05) is 18.6 Å². The molecule has 2 aliphatic carbocycles. The number of amides is 4. The van der Waals surface area contributed by atoms with Crippen molar-refractivity contribution in [2.75, 3.05) is 20.8 Å². The Labute approximate surface area is 221 Å². The summed E-state index contributed by atoms with van der Waals surface area (Å²) in [5.74, 6) is 1.31. The Balaban J connectivity index is 1.55. The number of benzene rings is 1. The second-order valence-corrected chi connectivity index (χ2v) is 11.2. The van der Waals surface area contributed by atoms with Crippen LogP contribution in [0.15, 0.2) is 18.2 Å². The standard InChI is InChI=1S/C28H44N4O5/c1-28(2)25(32(35)26(33)29-21-11-7-5-8-12-21)31(22-13-9-6-10-14-22)27(34)30(28)18-17-20-15-16-23(36-3)24(19-20)37-4/h15-16,19,21-22,25,35H,5-14,17-18H2,1-4H3,(H,29,33). The Morgan fingerprint density at radius 2 is 1.65 bits per heavy atom. The molecule has 0 radical (unpaired) electrons. The average molecular weight is 517 g/mol. The lowest BCUT2D eigenvalue weighted by Crippen LogP contribution is -2.61. The molecule has 0 aromatic heterocycles. The van der Waals surface area contributed by atoms with Gasteiger partial charge in [0.25, 0.3) is 0 Å². The minimum Gasteiger partial charge on any atom is -0.493 e. The van der Waals surface area contributed by atoms with E-state index in [9.17, 15) is 14.8 Å². The highest BCUT2D eigenvalue weighted by atomic mass is 16.5. The van der Waals surface area contributed by atoms with E-state index in [1.807, 2.05) is 36.9 Å². The minimum absolute atomic E-state index is 0.00809. The quantitative estimate of drug-likeness (QED) is 0.368. The van der Waals surface area contributed by atoms with E-state index in [2.05, 4.69) is 5.32 Å². The first-order valence-electron chi connectivity index (χ1n) is 13.9. The van der Waals surface area contributed by atoms with Gasteiger partial charge in [-0.15, -0.1) is 0 Å². The molecule has 3 aliphatic rings. The lowest BCUT2D eigenvalue weighted by molar-refractivity contribution is -0.141. The van der Waals surface area contributed by atoms with Crippen LogP contribution in [0.4, 0.5) is 9.59 Å².